The predicted molar refractivity (Wildman–Crippen MR) is 120 cm³/mol. The second kappa shape index (κ2) is 12.5. The summed E-state index contributed by atoms with van der Waals surface area (Å²) < 4.78 is 11.2. The number of benzene rings is 1. The van der Waals surface area contributed by atoms with E-state index in [1.807, 2.05) is 31.2 Å². The first-order valence-corrected chi connectivity index (χ1v) is 10.7. The van der Waals surface area contributed by atoms with Gasteiger partial charge in [-0.25, -0.2) is 0 Å². The first kappa shape index (κ1) is 23.3. The Hall–Kier alpha value is -1.99. The summed E-state index contributed by atoms with van der Waals surface area (Å²) in [6.45, 7) is 14.5. The highest BCUT2D eigenvalue weighted by molar-refractivity contribution is 5.79. The summed E-state index contributed by atoms with van der Waals surface area (Å²) in [6, 6.07) is 7.69. The van der Waals surface area contributed by atoms with Crippen LogP contribution in [0, 0.1) is 5.92 Å². The molecule has 29 heavy (non-hydrogen) atoms. The van der Waals surface area contributed by atoms with Crippen molar-refractivity contribution >= 4 is 5.96 Å². The molecule has 1 heterocycles. The molecule has 1 aromatic rings. The molecule has 7 nitrogen and oxygen atoms in total. The fraction of sp³-hybridized carbons (Fsp3) is 0.682. The molecule has 2 atom stereocenters. The van der Waals surface area contributed by atoms with Crippen LogP contribution in [-0.2, 0) is 0 Å². The highest BCUT2D eigenvalue weighted by Crippen LogP contribution is 2.19. The first-order valence-electron chi connectivity index (χ1n) is 10.7. The fourth-order valence-corrected chi connectivity index (χ4v) is 3.31. The van der Waals surface area contributed by atoms with Crippen LogP contribution < -0.4 is 20.1 Å². The first-order chi connectivity index (χ1) is 14.0. The number of hydrogen-bond donors (Lipinski definition) is 2. The van der Waals surface area contributed by atoms with E-state index in [0.717, 1.165) is 63.3 Å². The lowest BCUT2D eigenvalue weighted by molar-refractivity contribution is 0.140. The van der Waals surface area contributed by atoms with Crippen molar-refractivity contribution in [3.8, 4) is 11.5 Å². The van der Waals surface area contributed by atoms with Gasteiger partial charge in [-0.05, 0) is 38.9 Å². The number of ether oxygens (including phenoxy) is 2. The minimum atomic E-state index is 0.00808. The van der Waals surface area contributed by atoms with Gasteiger partial charge in [-0.2, -0.15) is 0 Å². The number of piperazine rings is 1. The van der Waals surface area contributed by atoms with E-state index >= 15 is 0 Å². The van der Waals surface area contributed by atoms with Crippen molar-refractivity contribution in [3.05, 3.63) is 24.3 Å². The van der Waals surface area contributed by atoms with Crippen molar-refractivity contribution in [1.82, 2.24) is 20.4 Å². The van der Waals surface area contributed by atoms with Crippen molar-refractivity contribution in [1.29, 1.82) is 0 Å². The molecule has 7 heteroatoms. The molecule has 1 aromatic carbocycles. The number of rotatable bonds is 10. The molecular weight excluding hydrogens is 366 g/mol. The lowest BCUT2D eigenvalue weighted by Crippen LogP contribution is -2.46. The van der Waals surface area contributed by atoms with Crippen LogP contribution >= 0.6 is 0 Å². The van der Waals surface area contributed by atoms with Crippen LogP contribution in [0.25, 0.3) is 0 Å². The van der Waals surface area contributed by atoms with Crippen molar-refractivity contribution in [2.45, 2.75) is 26.9 Å². The van der Waals surface area contributed by atoms with Crippen molar-refractivity contribution < 1.29 is 9.47 Å². The van der Waals surface area contributed by atoms with Crippen LogP contribution in [0.5, 0.6) is 11.5 Å². The molecule has 0 saturated carbocycles. The topological polar surface area (TPSA) is 61.4 Å². The summed E-state index contributed by atoms with van der Waals surface area (Å²) in [7, 11) is 3.85. The average molecular weight is 406 g/mol. The van der Waals surface area contributed by atoms with E-state index in [2.05, 4.69) is 41.3 Å². The number of nitrogens with one attached hydrogen (secondary N) is 2. The van der Waals surface area contributed by atoms with Gasteiger partial charge in [-0.3, -0.25) is 4.99 Å². The molecule has 2 N–H and O–H groups in total. The predicted octanol–water partition coefficient (Wildman–Crippen LogP) is 1.90. The number of guanidine groups is 1. The Labute approximate surface area is 176 Å². The number of likely N-dealkylation sites (N-methyl/N-ethyl adjacent to an activating group) is 1. The smallest absolute Gasteiger partial charge is 0.191 e. The Bertz CT molecular complexity index is 617. The largest absolute Gasteiger partial charge is 0.497 e. The lowest BCUT2D eigenvalue weighted by atomic mass is 10.1. The molecule has 0 amide bonds. The molecule has 2 unspecified atom stereocenters. The van der Waals surface area contributed by atoms with Crippen LogP contribution in [0.1, 0.15) is 20.8 Å². The van der Waals surface area contributed by atoms with E-state index in [0.29, 0.717) is 12.5 Å². The second-order valence-corrected chi connectivity index (χ2v) is 7.92. The van der Waals surface area contributed by atoms with Gasteiger partial charge >= 0.3 is 0 Å². The highest BCUT2D eigenvalue weighted by atomic mass is 16.5. The van der Waals surface area contributed by atoms with Gasteiger partial charge in [-0.1, -0.05) is 13.0 Å². The molecule has 1 aliphatic heterocycles. The standard InChI is InChI=1S/C22H39N5O2/c1-6-23-22(24-15-18(2)17-27-12-10-26(4)11-13-27)25-16-19(3)29-21-9-7-8-20(14-21)28-5/h7-9,14,18-19H,6,10-13,15-17H2,1-5H3,(H2,23,24,25). The maximum atomic E-state index is 5.98. The van der Waals surface area contributed by atoms with E-state index in [1.165, 1.54) is 0 Å². The number of methoxy groups -OCH3 is 1. The van der Waals surface area contributed by atoms with Crippen molar-refractivity contribution in [2.24, 2.45) is 10.9 Å². The molecule has 0 bridgehead atoms. The quantitative estimate of drug-likeness (QED) is 0.458. The molecule has 0 spiro atoms. The summed E-state index contributed by atoms with van der Waals surface area (Å²) >= 11 is 0. The zero-order valence-electron chi connectivity index (χ0n) is 18.8. The van der Waals surface area contributed by atoms with E-state index in [4.69, 9.17) is 14.5 Å². The van der Waals surface area contributed by atoms with Gasteiger partial charge in [0, 0.05) is 51.9 Å². The van der Waals surface area contributed by atoms with E-state index in [9.17, 15) is 0 Å². The molecule has 164 valence electrons. The van der Waals surface area contributed by atoms with E-state index < -0.39 is 0 Å². The van der Waals surface area contributed by atoms with Gasteiger partial charge in [0.05, 0.1) is 13.7 Å². The lowest BCUT2D eigenvalue weighted by Gasteiger charge is -2.33. The Morgan fingerprint density at radius 3 is 2.55 bits per heavy atom. The number of hydrogen-bond acceptors (Lipinski definition) is 5. The van der Waals surface area contributed by atoms with Crippen LogP contribution in [0.2, 0.25) is 0 Å². The zero-order chi connectivity index (χ0) is 21.1. The third-order valence-corrected chi connectivity index (χ3v) is 5.01. The molecular formula is C22H39N5O2. The van der Waals surface area contributed by atoms with Gasteiger partial charge in [0.15, 0.2) is 5.96 Å². The maximum absolute atomic E-state index is 5.98. The molecule has 0 aliphatic carbocycles. The number of nitrogens with zero attached hydrogens (tertiary/aromatic N) is 3. The Morgan fingerprint density at radius 2 is 1.86 bits per heavy atom. The maximum Gasteiger partial charge on any atom is 0.191 e. The summed E-state index contributed by atoms with van der Waals surface area (Å²) in [4.78, 5) is 9.72. The van der Waals surface area contributed by atoms with Gasteiger partial charge < -0.3 is 29.9 Å². The third kappa shape index (κ3) is 8.92. The van der Waals surface area contributed by atoms with Gasteiger partial charge in [-0.15, -0.1) is 0 Å². The fourth-order valence-electron chi connectivity index (χ4n) is 3.31. The van der Waals surface area contributed by atoms with Gasteiger partial charge in [0.2, 0.25) is 0 Å². The summed E-state index contributed by atoms with van der Waals surface area (Å²) in [5.41, 5.74) is 0. The summed E-state index contributed by atoms with van der Waals surface area (Å²) in [5, 5.41) is 6.72. The molecule has 1 fully saturated rings. The number of aliphatic imine (C=N–C) groups is 1. The molecule has 0 radical (unpaired) electrons. The van der Waals surface area contributed by atoms with Crippen LogP contribution in [-0.4, -0.2) is 88.4 Å². The Balaban J connectivity index is 1.77. The molecule has 1 saturated heterocycles. The minimum Gasteiger partial charge on any atom is -0.497 e. The van der Waals surface area contributed by atoms with Gasteiger partial charge in [0.1, 0.15) is 17.6 Å². The second-order valence-electron chi connectivity index (χ2n) is 7.92. The zero-order valence-corrected chi connectivity index (χ0v) is 18.8. The Kier molecular flexibility index (Phi) is 10.1. The van der Waals surface area contributed by atoms with Crippen LogP contribution in [0.15, 0.2) is 29.3 Å². The third-order valence-electron chi connectivity index (χ3n) is 5.01. The normalized spacial score (nSPS) is 18.2. The van der Waals surface area contributed by atoms with E-state index in [1.54, 1.807) is 7.11 Å². The van der Waals surface area contributed by atoms with E-state index in [-0.39, 0.29) is 6.10 Å². The van der Waals surface area contributed by atoms with Gasteiger partial charge in [0.25, 0.3) is 0 Å². The highest BCUT2D eigenvalue weighted by Gasteiger charge is 2.16. The SMILES string of the molecule is CCNC(=NCC(C)CN1CCN(C)CC1)NCC(C)Oc1cccc(OC)c1. The molecule has 2 rings (SSSR count). The van der Waals surface area contributed by atoms with Crippen molar-refractivity contribution in [2.75, 3.05) is 66.5 Å². The van der Waals surface area contributed by atoms with Crippen LogP contribution in [0.4, 0.5) is 0 Å². The summed E-state index contributed by atoms with van der Waals surface area (Å²) in [6.07, 6.45) is 0.00808. The van der Waals surface area contributed by atoms with Crippen molar-refractivity contribution in [3.63, 3.8) is 0 Å². The monoisotopic (exact) mass is 405 g/mol. The Morgan fingerprint density at radius 1 is 1.14 bits per heavy atom. The molecule has 0 aromatic heterocycles. The minimum absolute atomic E-state index is 0.00808. The molecule has 1 aliphatic rings. The van der Waals surface area contributed by atoms with Crippen LogP contribution in [0.3, 0.4) is 0 Å². The average Bonchev–Trinajstić information content (AvgIpc) is 2.72. The summed E-state index contributed by atoms with van der Waals surface area (Å²) in [5.74, 6) is 2.98.